The van der Waals surface area contributed by atoms with Gasteiger partial charge in [0.05, 0.1) is 5.56 Å². The zero-order chi connectivity index (χ0) is 16.4. The van der Waals surface area contributed by atoms with Gasteiger partial charge in [-0.15, -0.1) is 0 Å². The Kier molecular flexibility index (Phi) is 4.32. The molecule has 0 spiro atoms. The van der Waals surface area contributed by atoms with Crippen molar-refractivity contribution in [3.05, 3.63) is 47.3 Å². The van der Waals surface area contributed by atoms with Crippen LogP contribution < -0.4 is 10.5 Å². The minimum absolute atomic E-state index is 0.0609. The molecule has 3 heterocycles. The largest absolute Gasteiger partial charge is 0.353 e. The third kappa shape index (κ3) is 3.36. The van der Waals surface area contributed by atoms with E-state index >= 15 is 0 Å². The molecule has 3 rings (SSSR count). The van der Waals surface area contributed by atoms with Crippen LogP contribution in [0.15, 0.2) is 30.6 Å². The van der Waals surface area contributed by atoms with Gasteiger partial charge in [-0.1, -0.05) is 12.1 Å². The summed E-state index contributed by atoms with van der Waals surface area (Å²) in [4.78, 5) is 25.4. The zero-order valence-electron chi connectivity index (χ0n) is 13.9. The molecule has 0 aliphatic carbocycles. The Hall–Kier alpha value is -2.37. The van der Waals surface area contributed by atoms with E-state index in [1.165, 1.54) is 11.1 Å². The van der Waals surface area contributed by atoms with Crippen LogP contribution in [0.1, 0.15) is 21.5 Å². The summed E-state index contributed by atoms with van der Waals surface area (Å²) in [6.45, 7) is 7.17. The Bertz CT molecular complexity index is 709. The minimum Gasteiger partial charge on any atom is -0.353 e. The molecule has 0 radical (unpaired) electrons. The average Bonchev–Trinajstić information content (AvgIpc) is 2.55. The zero-order valence-corrected chi connectivity index (χ0v) is 13.9. The molecule has 0 unspecified atom stereocenters. The highest BCUT2D eigenvalue weighted by Gasteiger charge is 2.23. The number of carbonyl (C=O) groups is 1. The average molecular weight is 308 g/mol. The Morgan fingerprint density at radius 1 is 1.09 bits per heavy atom. The van der Waals surface area contributed by atoms with E-state index in [4.69, 9.17) is 0 Å². The number of anilines is 1. The van der Waals surface area contributed by atoms with Gasteiger partial charge in [0.2, 0.25) is 0 Å². The Labute approximate surface area is 137 Å². The van der Waals surface area contributed by atoms with Crippen LogP contribution in [0, 0.1) is 13.8 Å². The van der Waals surface area contributed by atoms with Gasteiger partial charge >= 0.3 is 0 Å². The number of nitrogens with zero attached hydrogens (tertiary/aromatic N) is 4. The molecule has 23 heavy (non-hydrogen) atoms. The minimum atomic E-state index is 0.0609. The van der Waals surface area contributed by atoms with E-state index < -0.39 is 0 Å². The quantitative estimate of drug-likeness (QED) is 0.750. The number of aromatic nitrogens is 2. The highest BCUT2D eigenvalue weighted by Crippen LogP contribution is 2.19. The van der Waals surface area contributed by atoms with Gasteiger partial charge in [-0.25, -0.2) is 4.98 Å². The number of amides is 1. The fourth-order valence-electron chi connectivity index (χ4n) is 2.94. The summed E-state index contributed by atoms with van der Waals surface area (Å²) in [7, 11) is 1.92. The lowest BCUT2D eigenvalue weighted by Crippen LogP contribution is -2.49. The summed E-state index contributed by atoms with van der Waals surface area (Å²) in [6, 6.07) is 5.88. The van der Waals surface area contributed by atoms with Gasteiger partial charge in [0.1, 0.15) is 5.82 Å². The molecule has 1 aliphatic rings. The van der Waals surface area contributed by atoms with Crippen molar-refractivity contribution in [2.24, 2.45) is 0 Å². The van der Waals surface area contributed by atoms with E-state index in [0.717, 1.165) is 24.5 Å². The molecule has 5 nitrogen and oxygen atoms in total. The predicted molar refractivity (Wildman–Crippen MR) is 94.2 cm³/mol. The van der Waals surface area contributed by atoms with E-state index in [2.05, 4.69) is 34.8 Å². The molecule has 1 fully saturated rings. The van der Waals surface area contributed by atoms with Gasteiger partial charge < -0.3 is 9.80 Å². The maximum Gasteiger partial charge on any atom is 0.255 e. The molecule has 1 amide bonds. The SMILES string of the molecule is Bc1ccc(C(=O)N2CCN(c3ncc(C)cc3C)CC2)cn1. The smallest absolute Gasteiger partial charge is 0.255 e. The molecule has 2 aromatic heterocycles. The van der Waals surface area contributed by atoms with E-state index in [1.807, 2.05) is 31.1 Å². The van der Waals surface area contributed by atoms with E-state index in [9.17, 15) is 4.79 Å². The molecule has 0 bridgehead atoms. The van der Waals surface area contributed by atoms with Gasteiger partial charge in [0.25, 0.3) is 5.91 Å². The number of pyridine rings is 2. The summed E-state index contributed by atoms with van der Waals surface area (Å²) >= 11 is 0. The number of hydrogen-bond acceptors (Lipinski definition) is 4. The van der Waals surface area contributed by atoms with Gasteiger partial charge in [0.15, 0.2) is 7.85 Å². The summed E-state index contributed by atoms with van der Waals surface area (Å²) in [6.07, 6.45) is 3.56. The third-order valence-electron chi connectivity index (χ3n) is 4.21. The van der Waals surface area contributed by atoms with Crippen molar-refractivity contribution in [1.29, 1.82) is 0 Å². The second kappa shape index (κ2) is 6.40. The van der Waals surface area contributed by atoms with Gasteiger partial charge in [-0.2, -0.15) is 0 Å². The van der Waals surface area contributed by atoms with Crippen molar-refractivity contribution in [3.8, 4) is 0 Å². The maximum absolute atomic E-state index is 12.5. The highest BCUT2D eigenvalue weighted by molar-refractivity contribution is 6.30. The van der Waals surface area contributed by atoms with Crippen LogP contribution in [0.4, 0.5) is 5.82 Å². The van der Waals surface area contributed by atoms with E-state index in [-0.39, 0.29) is 5.91 Å². The first-order chi connectivity index (χ1) is 11.0. The first-order valence-electron chi connectivity index (χ1n) is 7.95. The summed E-state index contributed by atoms with van der Waals surface area (Å²) in [5.41, 5.74) is 3.94. The molecule has 1 aliphatic heterocycles. The number of hydrogen-bond donors (Lipinski definition) is 0. The highest BCUT2D eigenvalue weighted by atomic mass is 16.2. The van der Waals surface area contributed by atoms with Crippen molar-refractivity contribution in [3.63, 3.8) is 0 Å². The third-order valence-corrected chi connectivity index (χ3v) is 4.21. The molecule has 0 N–H and O–H groups in total. The molecular weight excluding hydrogens is 287 g/mol. The Balaban J connectivity index is 1.66. The molecule has 1 saturated heterocycles. The van der Waals surface area contributed by atoms with Crippen LogP contribution in [0.2, 0.25) is 0 Å². The van der Waals surface area contributed by atoms with Crippen LogP contribution in [-0.4, -0.2) is 54.8 Å². The lowest BCUT2D eigenvalue weighted by Gasteiger charge is -2.36. The van der Waals surface area contributed by atoms with Gasteiger partial charge in [0, 0.05) is 38.6 Å². The van der Waals surface area contributed by atoms with Gasteiger partial charge in [-0.3, -0.25) is 9.78 Å². The lowest BCUT2D eigenvalue weighted by atomic mass is 10.0. The second-order valence-electron chi connectivity index (χ2n) is 6.12. The van der Waals surface area contributed by atoms with Gasteiger partial charge in [-0.05, 0) is 36.6 Å². The van der Waals surface area contributed by atoms with Crippen molar-refractivity contribution < 1.29 is 4.79 Å². The first kappa shape index (κ1) is 15.5. The normalized spacial score (nSPS) is 14.9. The second-order valence-corrected chi connectivity index (χ2v) is 6.12. The molecule has 118 valence electrons. The van der Waals surface area contributed by atoms with Crippen LogP contribution in [0.25, 0.3) is 0 Å². The summed E-state index contributed by atoms with van der Waals surface area (Å²) in [5, 5.41) is 0. The molecular formula is C17H21BN4O. The molecule has 6 heteroatoms. The Morgan fingerprint density at radius 3 is 2.43 bits per heavy atom. The van der Waals surface area contributed by atoms with Crippen molar-refractivity contribution in [2.45, 2.75) is 13.8 Å². The number of aryl methyl sites for hydroxylation is 2. The monoisotopic (exact) mass is 308 g/mol. The number of carbonyl (C=O) groups excluding carboxylic acids is 1. The van der Waals surface area contributed by atoms with Crippen LogP contribution in [-0.2, 0) is 0 Å². The molecule has 0 atom stereocenters. The van der Waals surface area contributed by atoms with Crippen molar-refractivity contribution in [1.82, 2.24) is 14.9 Å². The van der Waals surface area contributed by atoms with Crippen LogP contribution in [0.5, 0.6) is 0 Å². The molecule has 0 aromatic carbocycles. The maximum atomic E-state index is 12.5. The standard InChI is InChI=1S/C17H21BN4O/c1-12-9-13(2)16(20-10-12)21-5-7-22(8-6-21)17(23)14-3-4-15(18)19-11-14/h3-4,9-11H,5-8,18H2,1-2H3. The molecule has 0 saturated carbocycles. The van der Waals surface area contributed by atoms with Crippen LogP contribution in [0.3, 0.4) is 0 Å². The lowest BCUT2D eigenvalue weighted by molar-refractivity contribution is 0.0746. The summed E-state index contributed by atoms with van der Waals surface area (Å²) < 4.78 is 0. The van der Waals surface area contributed by atoms with Crippen LogP contribution >= 0.6 is 0 Å². The first-order valence-corrected chi connectivity index (χ1v) is 7.95. The van der Waals surface area contributed by atoms with E-state index in [0.29, 0.717) is 18.7 Å². The Morgan fingerprint density at radius 2 is 1.83 bits per heavy atom. The number of rotatable bonds is 2. The topological polar surface area (TPSA) is 49.3 Å². The van der Waals surface area contributed by atoms with Crippen molar-refractivity contribution >= 4 is 25.2 Å². The fraction of sp³-hybridized carbons (Fsp3) is 0.353. The van der Waals surface area contributed by atoms with E-state index in [1.54, 1.807) is 6.20 Å². The summed E-state index contributed by atoms with van der Waals surface area (Å²) in [5.74, 6) is 1.09. The fourth-order valence-corrected chi connectivity index (χ4v) is 2.94. The van der Waals surface area contributed by atoms with Crippen molar-refractivity contribution in [2.75, 3.05) is 31.1 Å². The predicted octanol–water partition coefficient (Wildman–Crippen LogP) is 0.314. The number of piperazine rings is 1. The molecule has 2 aromatic rings.